The molecular weight excluding hydrogens is 412 g/mol. The summed E-state index contributed by atoms with van der Waals surface area (Å²) in [6, 6.07) is 13.2. The molecule has 0 radical (unpaired) electrons. The van der Waals surface area contributed by atoms with Crippen LogP contribution < -0.4 is 5.32 Å². The lowest BCUT2D eigenvalue weighted by atomic mass is 10.1. The standard InChI is InChI=1S/C20H17ClN4O3S/c1-2-10-24-18(14-4-3-5-17(11-14)25(27)28)12-22-20(24)29-13-19(26)23-16-8-6-15(21)7-9-16/h2-9,11-12H,1,10,13H2,(H,23,26). The molecule has 0 aliphatic carbocycles. The molecule has 3 aromatic rings. The van der Waals surface area contributed by atoms with E-state index in [1.807, 2.05) is 4.57 Å². The van der Waals surface area contributed by atoms with Gasteiger partial charge in [-0.3, -0.25) is 14.9 Å². The van der Waals surface area contributed by atoms with E-state index in [1.54, 1.807) is 48.7 Å². The molecule has 9 heteroatoms. The number of anilines is 1. The maximum Gasteiger partial charge on any atom is 0.270 e. The lowest BCUT2D eigenvalue weighted by Gasteiger charge is -2.10. The molecule has 0 spiro atoms. The summed E-state index contributed by atoms with van der Waals surface area (Å²) in [5.41, 5.74) is 2.05. The average molecular weight is 429 g/mol. The zero-order valence-electron chi connectivity index (χ0n) is 15.2. The molecule has 1 amide bonds. The van der Waals surface area contributed by atoms with Crippen molar-refractivity contribution in [2.24, 2.45) is 0 Å². The van der Waals surface area contributed by atoms with Crippen molar-refractivity contribution < 1.29 is 9.72 Å². The Morgan fingerprint density at radius 2 is 2.07 bits per heavy atom. The molecule has 0 atom stereocenters. The number of aromatic nitrogens is 2. The smallest absolute Gasteiger partial charge is 0.270 e. The number of rotatable bonds is 8. The molecule has 0 bridgehead atoms. The third-order valence-electron chi connectivity index (χ3n) is 3.94. The molecule has 0 fully saturated rings. The van der Waals surface area contributed by atoms with Crippen molar-refractivity contribution in [1.82, 2.24) is 9.55 Å². The van der Waals surface area contributed by atoms with Gasteiger partial charge in [0, 0.05) is 35.0 Å². The fourth-order valence-electron chi connectivity index (χ4n) is 2.65. The SMILES string of the molecule is C=CCn1c(-c2cccc([N+](=O)[O-])c2)cnc1SCC(=O)Nc1ccc(Cl)cc1. The van der Waals surface area contributed by atoms with Crippen molar-refractivity contribution in [3.8, 4) is 11.3 Å². The van der Waals surface area contributed by atoms with Crippen LogP contribution in [-0.4, -0.2) is 26.1 Å². The van der Waals surface area contributed by atoms with Gasteiger partial charge in [-0.05, 0) is 24.3 Å². The number of nitrogens with one attached hydrogen (secondary N) is 1. The minimum atomic E-state index is -0.436. The Kier molecular flexibility index (Phi) is 6.69. The van der Waals surface area contributed by atoms with Gasteiger partial charge < -0.3 is 9.88 Å². The van der Waals surface area contributed by atoms with Gasteiger partial charge >= 0.3 is 0 Å². The average Bonchev–Trinajstić information content (AvgIpc) is 3.11. The number of hydrogen-bond donors (Lipinski definition) is 1. The first kappa shape index (κ1) is 20.6. The molecule has 0 unspecified atom stereocenters. The lowest BCUT2D eigenvalue weighted by Crippen LogP contribution is -2.14. The number of hydrogen-bond acceptors (Lipinski definition) is 5. The van der Waals surface area contributed by atoms with Gasteiger partial charge in [-0.1, -0.05) is 41.6 Å². The fraction of sp³-hybridized carbons (Fsp3) is 0.100. The molecule has 0 aliphatic rings. The number of allylic oxidation sites excluding steroid dienone is 1. The predicted molar refractivity (Wildman–Crippen MR) is 115 cm³/mol. The van der Waals surface area contributed by atoms with Crippen molar-refractivity contribution in [3.05, 3.63) is 82.5 Å². The normalized spacial score (nSPS) is 10.5. The van der Waals surface area contributed by atoms with E-state index in [4.69, 9.17) is 11.6 Å². The predicted octanol–water partition coefficient (Wildman–Crippen LogP) is 5.03. The maximum atomic E-state index is 12.2. The number of halogens is 1. The molecule has 3 rings (SSSR count). The van der Waals surface area contributed by atoms with Crippen LogP contribution in [0.1, 0.15) is 0 Å². The quantitative estimate of drug-likeness (QED) is 0.235. The molecule has 1 aromatic heterocycles. The number of carbonyl (C=O) groups excluding carboxylic acids is 1. The summed E-state index contributed by atoms with van der Waals surface area (Å²) in [5.74, 6) is -0.0205. The van der Waals surface area contributed by atoms with Crippen LogP contribution in [0.4, 0.5) is 11.4 Å². The van der Waals surface area contributed by atoms with E-state index in [0.717, 1.165) is 0 Å². The van der Waals surface area contributed by atoms with Gasteiger partial charge in [-0.25, -0.2) is 4.98 Å². The first-order valence-corrected chi connectivity index (χ1v) is 9.93. The summed E-state index contributed by atoms with van der Waals surface area (Å²) >= 11 is 7.12. The Morgan fingerprint density at radius 1 is 1.31 bits per heavy atom. The van der Waals surface area contributed by atoms with Crippen LogP contribution in [-0.2, 0) is 11.3 Å². The highest BCUT2D eigenvalue weighted by atomic mass is 35.5. The maximum absolute atomic E-state index is 12.2. The minimum Gasteiger partial charge on any atom is -0.325 e. The molecule has 7 nitrogen and oxygen atoms in total. The third-order valence-corrected chi connectivity index (χ3v) is 5.19. The fourth-order valence-corrected chi connectivity index (χ4v) is 3.56. The van der Waals surface area contributed by atoms with Gasteiger partial charge in [0.2, 0.25) is 5.91 Å². The van der Waals surface area contributed by atoms with E-state index < -0.39 is 4.92 Å². The van der Waals surface area contributed by atoms with Crippen LogP contribution in [0.3, 0.4) is 0 Å². The first-order valence-electron chi connectivity index (χ1n) is 8.57. The number of thioether (sulfide) groups is 1. The minimum absolute atomic E-state index is 0.00500. The summed E-state index contributed by atoms with van der Waals surface area (Å²) in [6.45, 7) is 4.22. The van der Waals surface area contributed by atoms with Gasteiger partial charge in [0.1, 0.15) is 0 Å². The van der Waals surface area contributed by atoms with Crippen LogP contribution in [0.15, 0.2) is 72.5 Å². The van der Waals surface area contributed by atoms with Gasteiger partial charge in [0.25, 0.3) is 5.69 Å². The van der Waals surface area contributed by atoms with Crippen LogP contribution in [0.5, 0.6) is 0 Å². The second-order valence-electron chi connectivity index (χ2n) is 5.98. The van der Waals surface area contributed by atoms with Gasteiger partial charge in [-0.2, -0.15) is 0 Å². The highest BCUT2D eigenvalue weighted by molar-refractivity contribution is 7.99. The van der Waals surface area contributed by atoms with E-state index in [2.05, 4.69) is 16.9 Å². The van der Waals surface area contributed by atoms with Gasteiger partial charge in [0.05, 0.1) is 22.6 Å². The van der Waals surface area contributed by atoms with Crippen molar-refractivity contribution in [3.63, 3.8) is 0 Å². The zero-order chi connectivity index (χ0) is 20.8. The summed E-state index contributed by atoms with van der Waals surface area (Å²) in [7, 11) is 0. The molecule has 0 saturated carbocycles. The molecule has 29 heavy (non-hydrogen) atoms. The van der Waals surface area contributed by atoms with Crippen LogP contribution in [0, 0.1) is 10.1 Å². The Hall–Kier alpha value is -3.10. The molecule has 148 valence electrons. The molecule has 1 heterocycles. The van der Waals surface area contributed by atoms with E-state index >= 15 is 0 Å². The number of amides is 1. The van der Waals surface area contributed by atoms with E-state index in [-0.39, 0.29) is 17.3 Å². The number of non-ortho nitro benzene ring substituents is 1. The van der Waals surface area contributed by atoms with E-state index in [1.165, 1.54) is 23.9 Å². The van der Waals surface area contributed by atoms with Crippen molar-refractivity contribution in [2.45, 2.75) is 11.7 Å². The second-order valence-corrected chi connectivity index (χ2v) is 7.36. The van der Waals surface area contributed by atoms with Crippen molar-refractivity contribution in [1.29, 1.82) is 0 Å². The summed E-state index contributed by atoms with van der Waals surface area (Å²) < 4.78 is 1.87. The lowest BCUT2D eigenvalue weighted by molar-refractivity contribution is -0.384. The summed E-state index contributed by atoms with van der Waals surface area (Å²) in [6.07, 6.45) is 3.35. The van der Waals surface area contributed by atoms with Gasteiger partial charge in [-0.15, -0.1) is 6.58 Å². The molecule has 0 saturated heterocycles. The Balaban J connectivity index is 1.75. The molecule has 0 aliphatic heterocycles. The van der Waals surface area contributed by atoms with Crippen molar-refractivity contribution >= 4 is 40.6 Å². The third kappa shape index (κ3) is 5.24. The number of benzene rings is 2. The Bertz CT molecular complexity index is 1050. The monoisotopic (exact) mass is 428 g/mol. The highest BCUT2D eigenvalue weighted by Crippen LogP contribution is 2.28. The number of imidazole rings is 1. The van der Waals surface area contributed by atoms with Crippen LogP contribution in [0.2, 0.25) is 5.02 Å². The number of nitro benzene ring substituents is 1. The largest absolute Gasteiger partial charge is 0.325 e. The highest BCUT2D eigenvalue weighted by Gasteiger charge is 2.15. The van der Waals surface area contributed by atoms with Gasteiger partial charge in [0.15, 0.2) is 5.16 Å². The zero-order valence-corrected chi connectivity index (χ0v) is 16.8. The van der Waals surface area contributed by atoms with Crippen LogP contribution >= 0.6 is 23.4 Å². The second kappa shape index (κ2) is 9.40. The van der Waals surface area contributed by atoms with E-state index in [9.17, 15) is 14.9 Å². The topological polar surface area (TPSA) is 90.1 Å². The summed E-state index contributed by atoms with van der Waals surface area (Å²) in [5, 5.41) is 15.1. The van der Waals surface area contributed by atoms with Crippen molar-refractivity contribution in [2.75, 3.05) is 11.1 Å². The number of nitrogens with zero attached hydrogens (tertiary/aromatic N) is 3. The van der Waals surface area contributed by atoms with E-state index in [0.29, 0.717) is 33.7 Å². The Morgan fingerprint density at radius 3 is 2.76 bits per heavy atom. The first-order chi connectivity index (χ1) is 14.0. The van der Waals surface area contributed by atoms with Crippen LogP contribution in [0.25, 0.3) is 11.3 Å². The number of carbonyl (C=O) groups is 1. The molecular formula is C20H17ClN4O3S. The summed E-state index contributed by atoms with van der Waals surface area (Å²) in [4.78, 5) is 27.2. The number of nitro groups is 1. The Labute approximate surface area is 176 Å². The molecule has 1 N–H and O–H groups in total. The molecule has 2 aromatic carbocycles.